The first-order valence-electron chi connectivity index (χ1n) is 11.7. The van der Waals surface area contributed by atoms with Gasteiger partial charge < -0.3 is 19.5 Å². The van der Waals surface area contributed by atoms with Crippen molar-refractivity contribution in [3.8, 4) is 11.4 Å². The van der Waals surface area contributed by atoms with Crippen LogP contribution in [0, 0.1) is 6.92 Å². The fraction of sp³-hybridized carbons (Fsp3) is 0.185. The highest BCUT2D eigenvalue weighted by molar-refractivity contribution is 7.92. The summed E-state index contributed by atoms with van der Waals surface area (Å²) in [7, 11) is -2.03. The quantitative estimate of drug-likeness (QED) is 0.332. The normalized spacial score (nSPS) is 17.5. The molecule has 0 bridgehead atoms. The largest absolute Gasteiger partial charge is 0.495 e. The van der Waals surface area contributed by atoms with Crippen molar-refractivity contribution in [1.29, 1.82) is 0 Å². The number of nitrogens with zero attached hydrogens (tertiary/aromatic N) is 3. The third kappa shape index (κ3) is 4.90. The second kappa shape index (κ2) is 9.87. The van der Waals surface area contributed by atoms with E-state index in [-0.39, 0.29) is 12.1 Å². The van der Waals surface area contributed by atoms with Crippen LogP contribution in [0.2, 0.25) is 0 Å². The summed E-state index contributed by atoms with van der Waals surface area (Å²) < 4.78 is 34.2. The number of thiocarbonyl (C=S) groups is 1. The molecule has 2 aromatic carbocycles. The number of aromatic nitrogens is 2. The molecule has 1 aliphatic rings. The van der Waals surface area contributed by atoms with Crippen molar-refractivity contribution in [2.24, 2.45) is 0 Å². The number of benzene rings is 2. The van der Waals surface area contributed by atoms with Gasteiger partial charge in [0.25, 0.3) is 0 Å². The minimum absolute atomic E-state index is 0.250. The van der Waals surface area contributed by atoms with Crippen molar-refractivity contribution in [2.45, 2.75) is 19.0 Å². The second-order valence-corrected chi connectivity index (χ2v) is 11.0. The van der Waals surface area contributed by atoms with Crippen LogP contribution in [-0.4, -0.2) is 36.4 Å². The lowest BCUT2D eigenvalue weighted by atomic mass is 10.0. The number of pyridine rings is 1. The smallest absolute Gasteiger partial charge is 0.229 e. The third-order valence-corrected chi connectivity index (χ3v) is 7.22. The molecule has 5 rings (SSSR count). The predicted molar refractivity (Wildman–Crippen MR) is 150 cm³/mol. The molecule has 2 aromatic heterocycles. The second-order valence-electron chi connectivity index (χ2n) is 8.84. The van der Waals surface area contributed by atoms with Gasteiger partial charge in [0.1, 0.15) is 11.8 Å². The summed E-state index contributed by atoms with van der Waals surface area (Å²) in [6, 6.07) is 22.9. The zero-order valence-corrected chi connectivity index (χ0v) is 22.3. The number of rotatable bonds is 7. The van der Waals surface area contributed by atoms with Gasteiger partial charge in [0.2, 0.25) is 10.0 Å². The monoisotopic (exact) mass is 533 g/mol. The molecule has 2 N–H and O–H groups in total. The molecule has 0 radical (unpaired) electrons. The number of aryl methyl sites for hydroxylation is 1. The average molecular weight is 534 g/mol. The summed E-state index contributed by atoms with van der Waals surface area (Å²) in [6.07, 6.45) is 4.91. The molecular formula is C27H27N5O3S2. The number of nitrogens with one attached hydrogen (secondary N) is 2. The first-order valence-corrected chi connectivity index (χ1v) is 14.0. The Kier molecular flexibility index (Phi) is 6.61. The van der Waals surface area contributed by atoms with Gasteiger partial charge in [-0.15, -0.1) is 0 Å². The van der Waals surface area contributed by atoms with Crippen LogP contribution in [0.5, 0.6) is 5.75 Å². The summed E-state index contributed by atoms with van der Waals surface area (Å²) in [5.74, 6) is 0.411. The van der Waals surface area contributed by atoms with Gasteiger partial charge in [-0.3, -0.25) is 9.71 Å². The van der Waals surface area contributed by atoms with E-state index in [1.807, 2.05) is 53.6 Å². The molecule has 1 aliphatic heterocycles. The van der Waals surface area contributed by atoms with Crippen molar-refractivity contribution in [2.75, 3.05) is 23.0 Å². The van der Waals surface area contributed by atoms with Gasteiger partial charge in [-0.05, 0) is 73.2 Å². The highest BCUT2D eigenvalue weighted by atomic mass is 32.2. The van der Waals surface area contributed by atoms with Crippen LogP contribution in [0.4, 0.5) is 11.4 Å². The van der Waals surface area contributed by atoms with Crippen molar-refractivity contribution in [3.05, 3.63) is 102 Å². The van der Waals surface area contributed by atoms with E-state index in [0.717, 1.165) is 28.9 Å². The lowest BCUT2D eigenvalue weighted by Crippen LogP contribution is -2.30. The molecular weight excluding hydrogens is 506 g/mol. The first-order chi connectivity index (χ1) is 17.8. The maximum atomic E-state index is 12.1. The Labute approximate surface area is 222 Å². The van der Waals surface area contributed by atoms with E-state index in [0.29, 0.717) is 22.2 Å². The van der Waals surface area contributed by atoms with Crippen LogP contribution >= 0.6 is 12.2 Å². The Balaban J connectivity index is 1.68. The highest BCUT2D eigenvalue weighted by Gasteiger charge is 2.42. The van der Waals surface area contributed by atoms with Crippen molar-refractivity contribution in [3.63, 3.8) is 0 Å². The number of anilines is 2. The van der Waals surface area contributed by atoms with Gasteiger partial charge >= 0.3 is 0 Å². The summed E-state index contributed by atoms with van der Waals surface area (Å²) >= 11 is 5.86. The summed E-state index contributed by atoms with van der Waals surface area (Å²) in [5, 5.41) is 3.97. The SMILES string of the molecule is COc1ccc(N2C(=S)NC(c3ccccn3)C2c2cccn2-c2ccccc2C)cc1NS(C)(=O)=O. The minimum atomic E-state index is -3.53. The van der Waals surface area contributed by atoms with Gasteiger partial charge in [0, 0.05) is 29.5 Å². The Bertz CT molecular complexity index is 1550. The summed E-state index contributed by atoms with van der Waals surface area (Å²) in [5.41, 5.74) is 5.10. The maximum absolute atomic E-state index is 12.1. The first kappa shape index (κ1) is 24.8. The van der Waals surface area contributed by atoms with E-state index in [9.17, 15) is 8.42 Å². The number of para-hydroxylation sites is 1. The van der Waals surface area contributed by atoms with Crippen LogP contribution in [0.3, 0.4) is 0 Å². The number of hydrogen-bond acceptors (Lipinski definition) is 5. The van der Waals surface area contributed by atoms with E-state index in [1.54, 1.807) is 18.3 Å². The molecule has 37 heavy (non-hydrogen) atoms. The molecule has 190 valence electrons. The zero-order chi connectivity index (χ0) is 26.2. The Hall–Kier alpha value is -3.89. The van der Waals surface area contributed by atoms with Crippen LogP contribution in [-0.2, 0) is 10.0 Å². The molecule has 4 aromatic rings. The van der Waals surface area contributed by atoms with Gasteiger partial charge in [-0.2, -0.15) is 0 Å². The Morgan fingerprint density at radius 2 is 1.84 bits per heavy atom. The van der Waals surface area contributed by atoms with Crippen LogP contribution in [0.15, 0.2) is 85.2 Å². The third-order valence-electron chi connectivity index (χ3n) is 6.31. The van der Waals surface area contributed by atoms with Gasteiger partial charge in [-0.25, -0.2) is 8.42 Å². The van der Waals surface area contributed by atoms with Crippen LogP contribution < -0.4 is 19.7 Å². The molecule has 0 spiro atoms. The van der Waals surface area contributed by atoms with E-state index in [4.69, 9.17) is 17.0 Å². The van der Waals surface area contributed by atoms with Crippen LogP contribution in [0.25, 0.3) is 5.69 Å². The Morgan fingerprint density at radius 1 is 1.05 bits per heavy atom. The van der Waals surface area contributed by atoms with E-state index >= 15 is 0 Å². The number of sulfonamides is 1. The highest BCUT2D eigenvalue weighted by Crippen LogP contribution is 2.44. The van der Waals surface area contributed by atoms with E-state index < -0.39 is 10.0 Å². The summed E-state index contributed by atoms with van der Waals surface area (Å²) in [4.78, 5) is 6.63. The van der Waals surface area contributed by atoms with Gasteiger partial charge in [0.15, 0.2) is 5.11 Å². The van der Waals surface area contributed by atoms with Crippen LogP contribution in [0.1, 0.15) is 29.0 Å². The van der Waals surface area contributed by atoms with Gasteiger partial charge in [0.05, 0.1) is 30.8 Å². The molecule has 0 saturated carbocycles. The number of methoxy groups -OCH3 is 1. The minimum Gasteiger partial charge on any atom is -0.495 e. The van der Waals surface area contributed by atoms with Crippen molar-refractivity contribution >= 4 is 38.7 Å². The van der Waals surface area contributed by atoms with E-state index in [1.165, 1.54) is 7.11 Å². The fourth-order valence-electron chi connectivity index (χ4n) is 4.75. The average Bonchev–Trinajstić information content (AvgIpc) is 3.48. The fourth-order valence-corrected chi connectivity index (χ4v) is 5.65. The molecule has 2 atom stereocenters. The molecule has 1 fully saturated rings. The topological polar surface area (TPSA) is 88.5 Å². The maximum Gasteiger partial charge on any atom is 0.229 e. The van der Waals surface area contributed by atoms with Gasteiger partial charge in [-0.1, -0.05) is 24.3 Å². The lowest BCUT2D eigenvalue weighted by molar-refractivity contribution is 0.417. The summed E-state index contributed by atoms with van der Waals surface area (Å²) in [6.45, 7) is 2.08. The predicted octanol–water partition coefficient (Wildman–Crippen LogP) is 4.74. The molecule has 10 heteroatoms. The molecule has 3 heterocycles. The van der Waals surface area contributed by atoms with Crippen molar-refractivity contribution < 1.29 is 13.2 Å². The van der Waals surface area contributed by atoms with Crippen molar-refractivity contribution in [1.82, 2.24) is 14.9 Å². The standard InChI is InChI=1S/C27H27N5O3S2/c1-18-9-4-5-11-22(18)31-16-8-12-23(31)26-25(20-10-6-7-15-28-20)29-27(36)32(26)19-13-14-24(35-2)21(17-19)30-37(3,33)34/h4-17,25-26,30H,1-3H3,(H,29,36). The lowest BCUT2D eigenvalue weighted by Gasteiger charge is -2.29. The Morgan fingerprint density at radius 3 is 2.54 bits per heavy atom. The zero-order valence-electron chi connectivity index (χ0n) is 20.6. The molecule has 0 amide bonds. The number of hydrogen-bond donors (Lipinski definition) is 2. The molecule has 0 aliphatic carbocycles. The molecule has 1 saturated heterocycles. The van der Waals surface area contributed by atoms with E-state index in [2.05, 4.69) is 44.7 Å². The molecule has 8 nitrogen and oxygen atoms in total. The molecule has 2 unspecified atom stereocenters. The number of ether oxygens (including phenoxy) is 1.